The first kappa shape index (κ1) is 20.3. The summed E-state index contributed by atoms with van der Waals surface area (Å²) in [5, 5.41) is 16.9. The number of halogens is 3. The van der Waals surface area contributed by atoms with E-state index in [0.29, 0.717) is 0 Å². The quantitative estimate of drug-likeness (QED) is 0.617. The van der Waals surface area contributed by atoms with E-state index >= 15 is 0 Å². The molecular formula is C17H16F3N7O2S. The molecule has 158 valence electrons. The van der Waals surface area contributed by atoms with Crippen molar-refractivity contribution in [1.82, 2.24) is 28.7 Å². The van der Waals surface area contributed by atoms with Gasteiger partial charge >= 0.3 is 6.18 Å². The summed E-state index contributed by atoms with van der Waals surface area (Å²) < 4.78 is 70.3. The number of piperidine rings is 1. The van der Waals surface area contributed by atoms with E-state index in [4.69, 9.17) is 0 Å². The Bertz CT molecular complexity index is 1250. The number of aryl methyl sites for hydroxylation is 1. The fourth-order valence-corrected chi connectivity index (χ4v) is 5.30. The van der Waals surface area contributed by atoms with Gasteiger partial charge in [0.2, 0.25) is 10.0 Å². The molecule has 1 fully saturated rings. The average molecular weight is 439 g/mol. The van der Waals surface area contributed by atoms with Crippen LogP contribution in [-0.2, 0) is 23.2 Å². The normalized spacial score (nSPS) is 16.8. The van der Waals surface area contributed by atoms with Gasteiger partial charge in [0.05, 0.1) is 11.8 Å². The van der Waals surface area contributed by atoms with Gasteiger partial charge in [-0.3, -0.25) is 4.68 Å². The third-order valence-corrected chi connectivity index (χ3v) is 7.17. The molecule has 1 aliphatic heterocycles. The summed E-state index contributed by atoms with van der Waals surface area (Å²) >= 11 is 0. The minimum absolute atomic E-state index is 0.0272. The van der Waals surface area contributed by atoms with Crippen LogP contribution in [0.1, 0.15) is 35.6 Å². The molecule has 0 aliphatic carbocycles. The minimum atomic E-state index is -4.57. The van der Waals surface area contributed by atoms with Gasteiger partial charge in [-0.15, -0.1) is 0 Å². The van der Waals surface area contributed by atoms with E-state index in [9.17, 15) is 26.9 Å². The highest BCUT2D eigenvalue weighted by Gasteiger charge is 2.39. The number of hydrogen-bond donors (Lipinski definition) is 0. The lowest BCUT2D eigenvalue weighted by molar-refractivity contribution is -0.138. The van der Waals surface area contributed by atoms with E-state index in [1.165, 1.54) is 33.1 Å². The van der Waals surface area contributed by atoms with E-state index in [-0.39, 0.29) is 47.7 Å². The van der Waals surface area contributed by atoms with Gasteiger partial charge in [0.1, 0.15) is 17.3 Å². The highest BCUT2D eigenvalue weighted by Crippen LogP contribution is 2.39. The maximum absolute atomic E-state index is 13.6. The molecule has 9 nitrogen and oxygen atoms in total. The van der Waals surface area contributed by atoms with Gasteiger partial charge < -0.3 is 0 Å². The number of aromatic nitrogens is 5. The Morgan fingerprint density at radius 1 is 1.23 bits per heavy atom. The van der Waals surface area contributed by atoms with Crippen molar-refractivity contribution in [3.05, 3.63) is 41.6 Å². The van der Waals surface area contributed by atoms with Crippen LogP contribution in [0.4, 0.5) is 13.2 Å². The first-order chi connectivity index (χ1) is 14.1. The largest absolute Gasteiger partial charge is 0.416 e. The van der Waals surface area contributed by atoms with Gasteiger partial charge in [-0.2, -0.15) is 32.9 Å². The van der Waals surface area contributed by atoms with Crippen LogP contribution in [0.25, 0.3) is 5.65 Å². The molecule has 0 N–H and O–H groups in total. The van der Waals surface area contributed by atoms with Crippen molar-refractivity contribution in [2.45, 2.75) is 29.8 Å². The van der Waals surface area contributed by atoms with Crippen molar-refractivity contribution in [2.75, 3.05) is 13.1 Å². The number of nitriles is 1. The molecule has 1 aliphatic rings. The Morgan fingerprint density at radius 3 is 2.57 bits per heavy atom. The zero-order chi connectivity index (χ0) is 21.7. The van der Waals surface area contributed by atoms with Crippen LogP contribution in [0.5, 0.6) is 0 Å². The molecule has 0 radical (unpaired) electrons. The third kappa shape index (κ3) is 3.31. The molecule has 0 spiro atoms. The smallest absolute Gasteiger partial charge is 0.257 e. The highest BCUT2D eigenvalue weighted by molar-refractivity contribution is 7.89. The van der Waals surface area contributed by atoms with Gasteiger partial charge in [-0.1, -0.05) is 0 Å². The molecule has 13 heteroatoms. The Hall–Kier alpha value is -2.98. The van der Waals surface area contributed by atoms with Crippen molar-refractivity contribution in [2.24, 2.45) is 7.05 Å². The van der Waals surface area contributed by atoms with E-state index in [1.54, 1.807) is 0 Å². The fourth-order valence-electron chi connectivity index (χ4n) is 3.73. The SMILES string of the molecule is Cn1ncc(S(=O)(=O)N2CCC(c3cn4ncnc4cc3C(F)(F)F)CC2)c1C#N. The van der Waals surface area contributed by atoms with E-state index < -0.39 is 27.7 Å². The monoisotopic (exact) mass is 439 g/mol. The van der Waals surface area contributed by atoms with Crippen LogP contribution < -0.4 is 0 Å². The predicted molar refractivity (Wildman–Crippen MR) is 96.6 cm³/mol. The lowest BCUT2D eigenvalue weighted by Crippen LogP contribution is -2.38. The van der Waals surface area contributed by atoms with Gasteiger partial charge in [0, 0.05) is 26.3 Å². The van der Waals surface area contributed by atoms with Crippen molar-refractivity contribution in [3.63, 3.8) is 0 Å². The van der Waals surface area contributed by atoms with Crippen LogP contribution in [0.3, 0.4) is 0 Å². The van der Waals surface area contributed by atoms with Gasteiger partial charge in [0.15, 0.2) is 11.3 Å². The topological polar surface area (TPSA) is 109 Å². The van der Waals surface area contributed by atoms with Gasteiger partial charge in [0.25, 0.3) is 0 Å². The molecule has 3 aromatic rings. The second-order valence-corrected chi connectivity index (χ2v) is 8.88. The zero-order valence-electron chi connectivity index (χ0n) is 15.7. The van der Waals surface area contributed by atoms with Crippen LogP contribution in [0.15, 0.2) is 29.7 Å². The number of fused-ring (bicyclic) bond motifs is 1. The lowest BCUT2D eigenvalue weighted by Gasteiger charge is -2.32. The van der Waals surface area contributed by atoms with Gasteiger partial charge in [-0.05, 0) is 30.4 Å². The summed E-state index contributed by atoms with van der Waals surface area (Å²) in [6.07, 6.45) is -0.566. The maximum Gasteiger partial charge on any atom is 0.416 e. The average Bonchev–Trinajstić information content (AvgIpc) is 3.32. The van der Waals surface area contributed by atoms with Crippen molar-refractivity contribution >= 4 is 15.7 Å². The number of alkyl halides is 3. The van der Waals surface area contributed by atoms with Crippen LogP contribution in [0.2, 0.25) is 0 Å². The molecule has 0 amide bonds. The molecule has 0 atom stereocenters. The molecular weight excluding hydrogens is 423 g/mol. The van der Waals surface area contributed by atoms with E-state index in [2.05, 4.69) is 15.2 Å². The van der Waals surface area contributed by atoms with E-state index in [1.807, 2.05) is 6.07 Å². The number of rotatable bonds is 3. The second-order valence-electron chi connectivity index (χ2n) is 6.97. The molecule has 30 heavy (non-hydrogen) atoms. The van der Waals surface area contributed by atoms with Crippen LogP contribution >= 0.6 is 0 Å². The third-order valence-electron chi connectivity index (χ3n) is 5.27. The molecule has 4 rings (SSSR count). The number of sulfonamides is 1. The number of hydrogen-bond acceptors (Lipinski definition) is 6. The van der Waals surface area contributed by atoms with Crippen molar-refractivity contribution in [1.29, 1.82) is 5.26 Å². The van der Waals surface area contributed by atoms with Crippen molar-refractivity contribution < 1.29 is 21.6 Å². The van der Waals surface area contributed by atoms with Crippen LogP contribution in [0, 0.1) is 11.3 Å². The Balaban J connectivity index is 1.62. The summed E-state index contributed by atoms with van der Waals surface area (Å²) in [4.78, 5) is 3.60. The maximum atomic E-state index is 13.6. The number of nitrogens with zero attached hydrogens (tertiary/aromatic N) is 7. The Morgan fingerprint density at radius 2 is 1.93 bits per heavy atom. The lowest BCUT2D eigenvalue weighted by atomic mass is 9.88. The minimum Gasteiger partial charge on any atom is -0.257 e. The van der Waals surface area contributed by atoms with Crippen molar-refractivity contribution in [3.8, 4) is 6.07 Å². The fraction of sp³-hybridized carbons (Fsp3) is 0.412. The highest BCUT2D eigenvalue weighted by atomic mass is 32.2. The molecule has 1 saturated heterocycles. The summed E-state index contributed by atoms with van der Waals surface area (Å²) in [5.41, 5.74) is -0.722. The summed E-state index contributed by atoms with van der Waals surface area (Å²) in [7, 11) is -2.52. The molecule has 0 bridgehead atoms. The van der Waals surface area contributed by atoms with Gasteiger partial charge in [-0.25, -0.2) is 17.9 Å². The molecule has 0 unspecified atom stereocenters. The Labute approximate surface area is 169 Å². The molecule has 4 heterocycles. The zero-order valence-corrected chi connectivity index (χ0v) is 16.5. The standard InChI is InChI=1S/C17H16F3N7O2S/c1-25-14(7-21)15(8-23-25)30(28,29)26-4-2-11(3-5-26)12-9-27-16(22-10-24-27)6-13(12)17(18,19)20/h6,8-11H,2-5H2,1H3. The molecule has 0 aromatic carbocycles. The first-order valence-electron chi connectivity index (χ1n) is 8.95. The number of pyridine rings is 1. The van der Waals surface area contributed by atoms with E-state index in [0.717, 1.165) is 12.3 Å². The molecule has 0 saturated carbocycles. The molecule has 3 aromatic heterocycles. The predicted octanol–water partition coefficient (Wildman–Crippen LogP) is 1.92. The summed E-state index contributed by atoms with van der Waals surface area (Å²) in [6.45, 7) is 0.0545. The first-order valence-corrected chi connectivity index (χ1v) is 10.4. The summed E-state index contributed by atoms with van der Waals surface area (Å²) in [5.74, 6) is -0.494. The Kier molecular flexibility index (Phi) is 4.78. The van der Waals surface area contributed by atoms with Crippen LogP contribution in [-0.4, -0.2) is 50.2 Å². The second kappa shape index (κ2) is 7.06. The summed E-state index contributed by atoms with van der Waals surface area (Å²) in [6, 6.07) is 2.77.